The van der Waals surface area contributed by atoms with Crippen LogP contribution < -0.4 is 10.1 Å². The molecule has 0 aromatic heterocycles. The molecule has 1 aromatic carbocycles. The third-order valence-electron chi connectivity index (χ3n) is 3.14. The highest BCUT2D eigenvalue weighted by Crippen LogP contribution is 2.22. The lowest BCUT2D eigenvalue weighted by atomic mass is 9.96. The van der Waals surface area contributed by atoms with Crippen LogP contribution in [0.15, 0.2) is 29.2 Å². The summed E-state index contributed by atoms with van der Waals surface area (Å²) >= 11 is 1.37. The third kappa shape index (κ3) is 5.60. The Bertz CT molecular complexity index is 503. The number of hydrogen-bond donors (Lipinski definition) is 2. The van der Waals surface area contributed by atoms with E-state index in [4.69, 9.17) is 4.74 Å². The average molecular weight is 325 g/mol. The quantitative estimate of drug-likeness (QED) is 0.683. The highest BCUT2D eigenvalue weighted by molar-refractivity contribution is 8.00. The van der Waals surface area contributed by atoms with Gasteiger partial charge < -0.3 is 15.2 Å². The van der Waals surface area contributed by atoms with Gasteiger partial charge in [0.15, 0.2) is 0 Å². The van der Waals surface area contributed by atoms with Crippen LogP contribution >= 0.6 is 11.8 Å². The van der Waals surface area contributed by atoms with E-state index in [-0.39, 0.29) is 11.7 Å². The predicted octanol–water partition coefficient (Wildman–Crippen LogP) is 2.94. The van der Waals surface area contributed by atoms with Gasteiger partial charge in [0.1, 0.15) is 11.3 Å². The van der Waals surface area contributed by atoms with Crippen LogP contribution in [0.2, 0.25) is 0 Å². The molecule has 5 nitrogen and oxygen atoms in total. The molecule has 1 amide bonds. The number of carbonyl (C=O) groups excluding carboxylic acids is 1. The molecule has 0 aliphatic heterocycles. The zero-order valence-electron chi connectivity index (χ0n) is 13.2. The highest BCUT2D eigenvalue weighted by atomic mass is 32.2. The van der Waals surface area contributed by atoms with Crippen LogP contribution in [0.1, 0.15) is 33.6 Å². The summed E-state index contributed by atoms with van der Waals surface area (Å²) in [6.45, 7) is 5.96. The van der Waals surface area contributed by atoms with Gasteiger partial charge in [0.25, 0.3) is 0 Å². The first-order chi connectivity index (χ1) is 10.4. The summed E-state index contributed by atoms with van der Waals surface area (Å²) < 4.78 is 5.35. The Kier molecular flexibility index (Phi) is 7.24. The number of ether oxygens (including phenoxy) is 1. The Morgan fingerprint density at radius 3 is 2.41 bits per heavy atom. The summed E-state index contributed by atoms with van der Waals surface area (Å²) in [6.07, 6.45) is 1.09. The van der Waals surface area contributed by atoms with Gasteiger partial charge in [0.2, 0.25) is 5.91 Å². The number of hydrogen-bond acceptors (Lipinski definition) is 4. The minimum absolute atomic E-state index is 0.181. The minimum atomic E-state index is -1.20. The molecule has 0 aliphatic rings. The zero-order valence-corrected chi connectivity index (χ0v) is 14.0. The van der Waals surface area contributed by atoms with Gasteiger partial charge in [0, 0.05) is 4.90 Å². The summed E-state index contributed by atoms with van der Waals surface area (Å²) in [4.78, 5) is 24.2. The van der Waals surface area contributed by atoms with E-state index >= 15 is 0 Å². The number of amides is 1. The lowest BCUT2D eigenvalue weighted by molar-refractivity contribution is -0.146. The number of rotatable bonds is 9. The molecular formula is C16H23NO4S. The van der Waals surface area contributed by atoms with Crippen LogP contribution in [0.5, 0.6) is 5.75 Å². The smallest absolute Gasteiger partial charge is 0.329 e. The van der Waals surface area contributed by atoms with Gasteiger partial charge in [-0.15, -0.1) is 11.8 Å². The van der Waals surface area contributed by atoms with Crippen molar-refractivity contribution in [1.82, 2.24) is 5.32 Å². The molecule has 22 heavy (non-hydrogen) atoms. The van der Waals surface area contributed by atoms with E-state index in [9.17, 15) is 14.7 Å². The molecule has 0 aliphatic carbocycles. The predicted molar refractivity (Wildman–Crippen MR) is 87.4 cm³/mol. The number of nitrogens with one attached hydrogen (secondary N) is 1. The van der Waals surface area contributed by atoms with E-state index < -0.39 is 11.5 Å². The van der Waals surface area contributed by atoms with Crippen LogP contribution in [-0.2, 0) is 9.59 Å². The zero-order chi connectivity index (χ0) is 16.6. The fraction of sp³-hybridized carbons (Fsp3) is 0.500. The summed E-state index contributed by atoms with van der Waals surface area (Å²) in [5.74, 6) is -0.315. The van der Waals surface area contributed by atoms with Crippen LogP contribution in [-0.4, -0.2) is 34.9 Å². The monoisotopic (exact) mass is 325 g/mol. The topological polar surface area (TPSA) is 75.6 Å². The third-order valence-corrected chi connectivity index (χ3v) is 4.15. The van der Waals surface area contributed by atoms with E-state index in [1.54, 1.807) is 0 Å². The number of carboxylic acids is 1. The minimum Gasteiger partial charge on any atom is -0.494 e. The van der Waals surface area contributed by atoms with Crippen molar-refractivity contribution in [2.24, 2.45) is 0 Å². The van der Waals surface area contributed by atoms with Gasteiger partial charge in [-0.25, -0.2) is 4.79 Å². The van der Waals surface area contributed by atoms with Crippen molar-refractivity contribution in [1.29, 1.82) is 0 Å². The molecule has 0 bridgehead atoms. The maximum absolute atomic E-state index is 12.0. The average Bonchev–Trinajstić information content (AvgIpc) is 2.47. The first-order valence-corrected chi connectivity index (χ1v) is 8.30. The van der Waals surface area contributed by atoms with E-state index in [1.807, 2.05) is 38.1 Å². The number of benzene rings is 1. The molecule has 0 radical (unpaired) electrons. The van der Waals surface area contributed by atoms with Crippen LogP contribution in [0, 0.1) is 0 Å². The number of carbonyl (C=O) groups is 2. The molecule has 122 valence electrons. The summed E-state index contributed by atoms with van der Waals surface area (Å²) in [5.41, 5.74) is -1.20. The Labute approximate surface area is 135 Å². The maximum Gasteiger partial charge on any atom is 0.329 e. The second-order valence-corrected chi connectivity index (χ2v) is 6.18. The van der Waals surface area contributed by atoms with Gasteiger partial charge in [0.05, 0.1) is 12.4 Å². The Balaban J connectivity index is 2.53. The Hall–Kier alpha value is -1.69. The second-order valence-electron chi connectivity index (χ2n) is 5.13. The van der Waals surface area contributed by atoms with Crippen molar-refractivity contribution >= 4 is 23.6 Å². The molecule has 1 atom stereocenters. The largest absolute Gasteiger partial charge is 0.494 e. The van der Waals surface area contributed by atoms with E-state index in [1.165, 1.54) is 18.7 Å². The fourth-order valence-corrected chi connectivity index (χ4v) is 2.71. The fourth-order valence-electron chi connectivity index (χ4n) is 2.01. The molecule has 0 saturated carbocycles. The SMILES string of the molecule is CCCC(C)(NC(=O)CSc1ccc(OCC)cc1)C(=O)O. The molecule has 1 rings (SSSR count). The first-order valence-electron chi connectivity index (χ1n) is 7.31. The molecule has 0 heterocycles. The Morgan fingerprint density at radius 2 is 1.91 bits per heavy atom. The molecule has 1 aromatic rings. The number of thioether (sulfide) groups is 1. The highest BCUT2D eigenvalue weighted by Gasteiger charge is 2.33. The molecule has 1 unspecified atom stereocenters. The number of aliphatic carboxylic acids is 1. The van der Waals surface area contributed by atoms with Crippen LogP contribution in [0.25, 0.3) is 0 Å². The lowest BCUT2D eigenvalue weighted by Gasteiger charge is -2.25. The van der Waals surface area contributed by atoms with E-state index in [2.05, 4.69) is 5.32 Å². The van der Waals surface area contributed by atoms with E-state index in [0.29, 0.717) is 19.4 Å². The molecular weight excluding hydrogens is 302 g/mol. The van der Waals surface area contributed by atoms with Crippen molar-refractivity contribution in [3.63, 3.8) is 0 Å². The van der Waals surface area contributed by atoms with Gasteiger partial charge in [-0.2, -0.15) is 0 Å². The summed E-state index contributed by atoms with van der Waals surface area (Å²) in [7, 11) is 0. The molecule has 6 heteroatoms. The van der Waals surface area contributed by atoms with Crippen LogP contribution in [0.4, 0.5) is 0 Å². The maximum atomic E-state index is 12.0. The van der Waals surface area contributed by atoms with Crippen molar-refractivity contribution in [2.75, 3.05) is 12.4 Å². The van der Waals surface area contributed by atoms with Crippen molar-refractivity contribution < 1.29 is 19.4 Å². The summed E-state index contributed by atoms with van der Waals surface area (Å²) in [6, 6.07) is 7.46. The van der Waals surface area contributed by atoms with Gasteiger partial charge >= 0.3 is 5.97 Å². The van der Waals surface area contributed by atoms with Gasteiger partial charge in [-0.3, -0.25) is 4.79 Å². The Morgan fingerprint density at radius 1 is 1.27 bits per heavy atom. The number of carboxylic acid groups (broad SMARTS) is 1. The molecule has 0 fully saturated rings. The lowest BCUT2D eigenvalue weighted by Crippen LogP contribution is -2.52. The van der Waals surface area contributed by atoms with Gasteiger partial charge in [-0.05, 0) is 44.5 Å². The standard InChI is InChI=1S/C16H23NO4S/c1-4-10-16(3,15(19)20)17-14(18)11-22-13-8-6-12(7-9-13)21-5-2/h6-9H,4-5,10-11H2,1-3H3,(H,17,18)(H,19,20). The summed E-state index contributed by atoms with van der Waals surface area (Å²) in [5, 5.41) is 11.9. The molecule has 0 spiro atoms. The molecule has 2 N–H and O–H groups in total. The first kappa shape index (κ1) is 18.4. The second kappa shape index (κ2) is 8.68. The van der Waals surface area contributed by atoms with Crippen molar-refractivity contribution in [2.45, 2.75) is 44.0 Å². The van der Waals surface area contributed by atoms with Crippen molar-refractivity contribution in [3.8, 4) is 5.75 Å². The van der Waals surface area contributed by atoms with E-state index in [0.717, 1.165) is 10.6 Å². The van der Waals surface area contributed by atoms with Crippen molar-refractivity contribution in [3.05, 3.63) is 24.3 Å². The normalized spacial score (nSPS) is 13.2. The van der Waals surface area contributed by atoms with Gasteiger partial charge in [-0.1, -0.05) is 13.3 Å². The molecule has 0 saturated heterocycles. The van der Waals surface area contributed by atoms with Crippen LogP contribution in [0.3, 0.4) is 0 Å².